The van der Waals surface area contributed by atoms with E-state index in [0.29, 0.717) is 0 Å². The number of hydrogen-bond donors (Lipinski definition) is 1. The smallest absolute Gasteiger partial charge is 0.101 e. The van der Waals surface area contributed by atoms with Crippen LogP contribution in [0.15, 0.2) is 11.6 Å². The minimum absolute atomic E-state index is 0.117. The van der Waals surface area contributed by atoms with E-state index in [9.17, 15) is 5.11 Å². The van der Waals surface area contributed by atoms with Gasteiger partial charge >= 0.3 is 0 Å². The third kappa shape index (κ3) is 2.23. The maximum atomic E-state index is 10.2. The Bertz CT molecular complexity index is 411. The second kappa shape index (κ2) is 4.80. The Balaban J connectivity index is 1.78. The van der Waals surface area contributed by atoms with Crippen molar-refractivity contribution in [1.82, 2.24) is 0 Å². The molecule has 2 aliphatic heterocycles. The van der Waals surface area contributed by atoms with E-state index in [2.05, 4.69) is 26.8 Å². The van der Waals surface area contributed by atoms with E-state index in [1.165, 1.54) is 5.57 Å². The highest BCUT2D eigenvalue weighted by Gasteiger charge is 2.71. The number of epoxide rings is 2. The lowest BCUT2D eigenvalue weighted by Crippen LogP contribution is -2.54. The molecule has 0 aromatic heterocycles. The predicted octanol–water partition coefficient (Wildman–Crippen LogP) is 2.06. The van der Waals surface area contributed by atoms with Gasteiger partial charge in [-0.25, -0.2) is 0 Å². The first-order valence-electron chi connectivity index (χ1n) is 7.59. The van der Waals surface area contributed by atoms with E-state index in [1.54, 1.807) is 7.11 Å². The van der Waals surface area contributed by atoms with Crippen LogP contribution in [-0.4, -0.2) is 48.3 Å². The fourth-order valence-corrected chi connectivity index (χ4v) is 3.96. The molecule has 0 bridgehead atoms. The van der Waals surface area contributed by atoms with Gasteiger partial charge in [0.1, 0.15) is 5.60 Å². The van der Waals surface area contributed by atoms with E-state index in [1.807, 2.05) is 0 Å². The Kier molecular flexibility index (Phi) is 3.49. The second-order valence-electron chi connectivity index (χ2n) is 6.94. The summed E-state index contributed by atoms with van der Waals surface area (Å²) in [5.74, 6) is 0.124. The number of aliphatic hydroxyl groups excluding tert-OH is 1. The number of rotatable bonds is 4. The molecule has 3 aliphatic rings. The summed E-state index contributed by atoms with van der Waals surface area (Å²) in [6.45, 7) is 7.13. The van der Waals surface area contributed by atoms with Crippen LogP contribution in [0.1, 0.15) is 40.0 Å². The molecule has 0 unspecified atom stereocenters. The summed E-state index contributed by atoms with van der Waals surface area (Å²) >= 11 is 0. The number of ether oxygens (including phenoxy) is 3. The van der Waals surface area contributed by atoms with E-state index in [-0.39, 0.29) is 29.3 Å². The molecular weight excluding hydrogens is 256 g/mol. The van der Waals surface area contributed by atoms with Crippen molar-refractivity contribution in [3.05, 3.63) is 11.6 Å². The molecule has 6 atom stereocenters. The quantitative estimate of drug-likeness (QED) is 0.633. The Labute approximate surface area is 121 Å². The minimum Gasteiger partial charge on any atom is -0.390 e. The molecule has 20 heavy (non-hydrogen) atoms. The van der Waals surface area contributed by atoms with Crippen molar-refractivity contribution in [2.45, 2.75) is 69.5 Å². The third-order valence-corrected chi connectivity index (χ3v) is 5.26. The fraction of sp³-hybridized carbons (Fsp3) is 0.875. The van der Waals surface area contributed by atoms with Crippen LogP contribution >= 0.6 is 0 Å². The molecule has 0 radical (unpaired) electrons. The molecule has 1 N–H and O–H groups in total. The van der Waals surface area contributed by atoms with Gasteiger partial charge in [-0.2, -0.15) is 0 Å². The van der Waals surface area contributed by atoms with Crippen molar-refractivity contribution in [3.8, 4) is 0 Å². The first-order valence-corrected chi connectivity index (χ1v) is 7.59. The maximum absolute atomic E-state index is 10.2. The Hall–Kier alpha value is -0.420. The van der Waals surface area contributed by atoms with Gasteiger partial charge in [-0.05, 0) is 40.0 Å². The van der Waals surface area contributed by atoms with Crippen molar-refractivity contribution in [2.24, 2.45) is 5.92 Å². The lowest BCUT2D eigenvalue weighted by molar-refractivity contribution is -0.116. The summed E-state index contributed by atoms with van der Waals surface area (Å²) in [6, 6.07) is 0. The van der Waals surface area contributed by atoms with Gasteiger partial charge < -0.3 is 19.3 Å². The lowest BCUT2D eigenvalue weighted by Gasteiger charge is -2.41. The molecule has 4 nitrogen and oxygen atoms in total. The lowest BCUT2D eigenvalue weighted by atomic mass is 9.68. The van der Waals surface area contributed by atoms with Gasteiger partial charge in [0.25, 0.3) is 0 Å². The summed E-state index contributed by atoms with van der Waals surface area (Å²) in [4.78, 5) is 0. The van der Waals surface area contributed by atoms with Crippen molar-refractivity contribution < 1.29 is 19.3 Å². The van der Waals surface area contributed by atoms with Gasteiger partial charge in [-0.15, -0.1) is 0 Å². The SMILES string of the molecule is CO[C@@H]1[C@@H](O)CC[C@]2(CO2)[C@H]1[C@@]1(C)O[C@@H]1CC=C(C)C. The molecule has 1 aliphatic carbocycles. The largest absolute Gasteiger partial charge is 0.390 e. The number of aliphatic hydroxyl groups is 1. The third-order valence-electron chi connectivity index (χ3n) is 5.26. The molecule has 1 saturated carbocycles. The Morgan fingerprint density at radius 3 is 2.70 bits per heavy atom. The molecule has 0 aromatic rings. The average molecular weight is 282 g/mol. The van der Waals surface area contributed by atoms with Crippen molar-refractivity contribution in [2.75, 3.05) is 13.7 Å². The predicted molar refractivity (Wildman–Crippen MR) is 75.5 cm³/mol. The van der Waals surface area contributed by atoms with Crippen LogP contribution in [0.4, 0.5) is 0 Å². The van der Waals surface area contributed by atoms with Gasteiger partial charge in [-0.3, -0.25) is 0 Å². The molecule has 0 aromatic carbocycles. The van der Waals surface area contributed by atoms with Crippen LogP contribution < -0.4 is 0 Å². The molecule has 1 spiro atoms. The summed E-state index contributed by atoms with van der Waals surface area (Å²) in [6.07, 6.45) is 4.43. The summed E-state index contributed by atoms with van der Waals surface area (Å²) in [5.41, 5.74) is 0.964. The maximum Gasteiger partial charge on any atom is 0.101 e. The summed E-state index contributed by atoms with van der Waals surface area (Å²) < 4.78 is 17.4. The van der Waals surface area contributed by atoms with E-state index < -0.39 is 6.10 Å². The standard InChI is InChI=1S/C16H26O4/c1-10(2)5-6-12-15(3,20-12)14-13(18-4)11(17)7-8-16(14)9-19-16/h5,11-14,17H,6-9H2,1-4H3/t11-,12+,13+,14+,15-,16-/m0/s1. The highest BCUT2D eigenvalue weighted by Crippen LogP contribution is 2.59. The summed E-state index contributed by atoms with van der Waals surface area (Å²) in [7, 11) is 1.68. The molecule has 0 amide bonds. The van der Waals surface area contributed by atoms with Crippen LogP contribution in [0.5, 0.6) is 0 Å². The monoisotopic (exact) mass is 282 g/mol. The number of allylic oxidation sites excluding steroid dienone is 1. The molecule has 4 heteroatoms. The second-order valence-corrected chi connectivity index (χ2v) is 6.94. The van der Waals surface area contributed by atoms with Crippen molar-refractivity contribution in [3.63, 3.8) is 0 Å². The van der Waals surface area contributed by atoms with Gasteiger partial charge in [-0.1, -0.05) is 11.6 Å². The zero-order valence-electron chi connectivity index (χ0n) is 12.9. The van der Waals surface area contributed by atoms with E-state index in [0.717, 1.165) is 25.9 Å². The van der Waals surface area contributed by atoms with E-state index in [4.69, 9.17) is 14.2 Å². The molecule has 3 rings (SSSR count). The molecule has 2 heterocycles. The Morgan fingerprint density at radius 2 is 2.15 bits per heavy atom. The number of hydrogen-bond acceptors (Lipinski definition) is 4. The molecule has 3 fully saturated rings. The van der Waals surface area contributed by atoms with Crippen LogP contribution in [0.2, 0.25) is 0 Å². The zero-order valence-corrected chi connectivity index (χ0v) is 12.9. The van der Waals surface area contributed by atoms with Crippen LogP contribution in [0.3, 0.4) is 0 Å². The average Bonchev–Trinajstić information content (AvgIpc) is 3.29. The topological polar surface area (TPSA) is 54.5 Å². The zero-order chi connectivity index (χ0) is 14.5. The Morgan fingerprint density at radius 1 is 1.45 bits per heavy atom. The van der Waals surface area contributed by atoms with Gasteiger partial charge in [0.2, 0.25) is 0 Å². The molecular formula is C16H26O4. The van der Waals surface area contributed by atoms with Crippen LogP contribution in [-0.2, 0) is 14.2 Å². The van der Waals surface area contributed by atoms with E-state index >= 15 is 0 Å². The normalized spacial score (nSPS) is 50.0. The van der Waals surface area contributed by atoms with Gasteiger partial charge in [0.05, 0.1) is 36.4 Å². The summed E-state index contributed by atoms with van der Waals surface area (Å²) in [5, 5.41) is 10.2. The molecule has 2 saturated heterocycles. The minimum atomic E-state index is -0.412. The van der Waals surface area contributed by atoms with Crippen molar-refractivity contribution in [1.29, 1.82) is 0 Å². The van der Waals surface area contributed by atoms with Gasteiger partial charge in [0, 0.05) is 7.11 Å². The highest BCUT2D eigenvalue weighted by molar-refractivity contribution is 5.20. The van der Waals surface area contributed by atoms with Crippen LogP contribution in [0, 0.1) is 5.92 Å². The fourth-order valence-electron chi connectivity index (χ4n) is 3.96. The number of methoxy groups -OCH3 is 1. The van der Waals surface area contributed by atoms with Crippen molar-refractivity contribution >= 4 is 0 Å². The molecule has 114 valence electrons. The first-order chi connectivity index (χ1) is 9.43. The highest BCUT2D eigenvalue weighted by atomic mass is 16.6. The van der Waals surface area contributed by atoms with Crippen LogP contribution in [0.25, 0.3) is 0 Å². The van der Waals surface area contributed by atoms with Gasteiger partial charge in [0.15, 0.2) is 0 Å². The first kappa shape index (κ1) is 14.5.